The maximum absolute atomic E-state index is 11.1. The van der Waals surface area contributed by atoms with Crippen LogP contribution in [0.3, 0.4) is 0 Å². The van der Waals surface area contributed by atoms with Gasteiger partial charge in [-0.15, -0.1) is 0 Å². The van der Waals surface area contributed by atoms with Gasteiger partial charge in [-0.1, -0.05) is 42.5 Å². The molecule has 1 heterocycles. The molecule has 0 fully saturated rings. The lowest BCUT2D eigenvalue weighted by molar-refractivity contribution is 0.0684. The highest BCUT2D eigenvalue weighted by atomic mass is 16.4. The fourth-order valence-electron chi connectivity index (χ4n) is 2.09. The molecule has 0 aliphatic carbocycles. The van der Waals surface area contributed by atoms with Gasteiger partial charge in [0.15, 0.2) is 0 Å². The predicted molar refractivity (Wildman–Crippen MR) is 80.3 cm³/mol. The molecule has 0 radical (unpaired) electrons. The van der Waals surface area contributed by atoms with Crippen molar-refractivity contribution in [2.75, 3.05) is 5.32 Å². The standard InChI is InChI=1S/C16H13N3O2/c20-16(21)15-18-13-9-5-4-8-12(13)14(19-15)17-10-11-6-2-1-3-7-11/h1-9H,10H2,(H,20,21)(H,17,18,19). The molecular weight excluding hydrogens is 266 g/mol. The van der Waals surface area contributed by atoms with Crippen LogP contribution in [0.4, 0.5) is 5.82 Å². The maximum Gasteiger partial charge on any atom is 0.374 e. The Labute approximate surface area is 121 Å². The molecule has 0 amide bonds. The average molecular weight is 279 g/mol. The Morgan fingerprint density at radius 2 is 1.71 bits per heavy atom. The van der Waals surface area contributed by atoms with Crippen LogP contribution < -0.4 is 5.32 Å². The third-order valence-corrected chi connectivity index (χ3v) is 3.10. The molecule has 2 aromatic carbocycles. The Bertz CT molecular complexity index is 788. The number of para-hydroxylation sites is 1. The molecule has 0 spiro atoms. The van der Waals surface area contributed by atoms with E-state index in [-0.39, 0.29) is 5.82 Å². The van der Waals surface area contributed by atoms with Gasteiger partial charge in [-0.25, -0.2) is 14.8 Å². The molecule has 0 aliphatic rings. The second kappa shape index (κ2) is 5.58. The van der Waals surface area contributed by atoms with Crippen molar-refractivity contribution < 1.29 is 9.90 Å². The fraction of sp³-hybridized carbons (Fsp3) is 0.0625. The van der Waals surface area contributed by atoms with Crippen molar-refractivity contribution >= 4 is 22.7 Å². The molecule has 104 valence electrons. The van der Waals surface area contributed by atoms with Crippen LogP contribution in [0.25, 0.3) is 10.9 Å². The van der Waals surface area contributed by atoms with Gasteiger partial charge in [0.05, 0.1) is 5.52 Å². The van der Waals surface area contributed by atoms with Gasteiger partial charge >= 0.3 is 5.97 Å². The topological polar surface area (TPSA) is 75.1 Å². The Balaban J connectivity index is 1.98. The van der Waals surface area contributed by atoms with E-state index >= 15 is 0 Å². The minimum atomic E-state index is -1.14. The first kappa shape index (κ1) is 13.1. The van der Waals surface area contributed by atoms with E-state index in [0.29, 0.717) is 17.9 Å². The van der Waals surface area contributed by atoms with Crippen molar-refractivity contribution in [2.24, 2.45) is 0 Å². The van der Waals surface area contributed by atoms with Crippen molar-refractivity contribution in [1.29, 1.82) is 0 Å². The van der Waals surface area contributed by atoms with Gasteiger partial charge < -0.3 is 10.4 Å². The van der Waals surface area contributed by atoms with E-state index in [1.165, 1.54) is 0 Å². The average Bonchev–Trinajstić information content (AvgIpc) is 2.53. The zero-order valence-corrected chi connectivity index (χ0v) is 11.2. The smallest absolute Gasteiger partial charge is 0.374 e. The summed E-state index contributed by atoms with van der Waals surface area (Å²) < 4.78 is 0. The summed E-state index contributed by atoms with van der Waals surface area (Å²) in [6.45, 7) is 0.570. The summed E-state index contributed by atoms with van der Waals surface area (Å²) in [6, 6.07) is 17.2. The molecule has 1 aromatic heterocycles. The van der Waals surface area contributed by atoms with E-state index in [0.717, 1.165) is 10.9 Å². The number of fused-ring (bicyclic) bond motifs is 1. The van der Waals surface area contributed by atoms with Crippen LogP contribution in [-0.2, 0) is 6.54 Å². The second-order valence-electron chi connectivity index (χ2n) is 4.56. The van der Waals surface area contributed by atoms with Crippen LogP contribution in [0, 0.1) is 0 Å². The number of hydrogen-bond donors (Lipinski definition) is 2. The zero-order valence-electron chi connectivity index (χ0n) is 11.2. The number of rotatable bonds is 4. The van der Waals surface area contributed by atoms with E-state index in [2.05, 4.69) is 15.3 Å². The molecule has 5 heteroatoms. The van der Waals surface area contributed by atoms with E-state index in [4.69, 9.17) is 5.11 Å². The molecule has 3 aromatic rings. The lowest BCUT2D eigenvalue weighted by Crippen LogP contribution is -2.09. The monoisotopic (exact) mass is 279 g/mol. The molecule has 2 N–H and O–H groups in total. The Kier molecular flexibility index (Phi) is 3.47. The molecule has 0 atom stereocenters. The van der Waals surface area contributed by atoms with Gasteiger partial charge in [-0.2, -0.15) is 0 Å². The number of aromatic carboxylic acids is 1. The third kappa shape index (κ3) is 2.81. The summed E-state index contributed by atoms with van der Waals surface area (Å²) in [5.74, 6) is -0.811. The van der Waals surface area contributed by atoms with Gasteiger partial charge in [-0.3, -0.25) is 0 Å². The first-order valence-electron chi connectivity index (χ1n) is 6.52. The maximum atomic E-state index is 11.1. The number of benzene rings is 2. The van der Waals surface area contributed by atoms with Crippen molar-refractivity contribution in [3.05, 3.63) is 66.0 Å². The van der Waals surface area contributed by atoms with Gasteiger partial charge in [0, 0.05) is 11.9 Å². The first-order valence-corrected chi connectivity index (χ1v) is 6.52. The minimum absolute atomic E-state index is 0.204. The van der Waals surface area contributed by atoms with Crippen LogP contribution >= 0.6 is 0 Å². The molecule has 0 saturated carbocycles. The highest BCUT2D eigenvalue weighted by Crippen LogP contribution is 2.20. The third-order valence-electron chi connectivity index (χ3n) is 3.10. The fourth-order valence-corrected chi connectivity index (χ4v) is 2.09. The minimum Gasteiger partial charge on any atom is -0.475 e. The first-order chi connectivity index (χ1) is 10.2. The second-order valence-corrected chi connectivity index (χ2v) is 4.56. The van der Waals surface area contributed by atoms with Crippen LogP contribution in [0.1, 0.15) is 16.2 Å². The molecule has 0 bridgehead atoms. The number of carbonyl (C=O) groups is 1. The summed E-state index contributed by atoms with van der Waals surface area (Å²) in [6.07, 6.45) is 0. The molecule has 0 saturated heterocycles. The summed E-state index contributed by atoms with van der Waals surface area (Å²) >= 11 is 0. The van der Waals surface area contributed by atoms with E-state index in [1.807, 2.05) is 48.5 Å². The number of carboxylic acid groups (broad SMARTS) is 1. The Morgan fingerprint density at radius 3 is 2.48 bits per heavy atom. The van der Waals surface area contributed by atoms with Crippen LogP contribution in [-0.4, -0.2) is 21.0 Å². The summed E-state index contributed by atoms with van der Waals surface area (Å²) in [5, 5.41) is 13.1. The van der Waals surface area contributed by atoms with Crippen molar-refractivity contribution in [1.82, 2.24) is 9.97 Å². The predicted octanol–water partition coefficient (Wildman–Crippen LogP) is 2.94. The highest BCUT2D eigenvalue weighted by molar-refractivity contribution is 5.93. The van der Waals surface area contributed by atoms with Crippen molar-refractivity contribution in [3.63, 3.8) is 0 Å². The Hall–Kier alpha value is -2.95. The van der Waals surface area contributed by atoms with E-state index in [1.54, 1.807) is 6.07 Å². The van der Waals surface area contributed by atoms with Crippen molar-refractivity contribution in [3.8, 4) is 0 Å². The summed E-state index contributed by atoms with van der Waals surface area (Å²) in [4.78, 5) is 19.3. The zero-order chi connectivity index (χ0) is 14.7. The van der Waals surface area contributed by atoms with E-state index < -0.39 is 5.97 Å². The molecule has 21 heavy (non-hydrogen) atoms. The lowest BCUT2D eigenvalue weighted by Gasteiger charge is -2.09. The number of carboxylic acids is 1. The van der Waals surface area contributed by atoms with Gasteiger partial charge in [-0.05, 0) is 17.7 Å². The van der Waals surface area contributed by atoms with Gasteiger partial charge in [0.1, 0.15) is 5.82 Å². The number of anilines is 1. The Morgan fingerprint density at radius 1 is 1.00 bits per heavy atom. The van der Waals surface area contributed by atoms with Crippen molar-refractivity contribution in [2.45, 2.75) is 6.54 Å². The van der Waals surface area contributed by atoms with Gasteiger partial charge in [0.25, 0.3) is 0 Å². The van der Waals surface area contributed by atoms with Crippen LogP contribution in [0.5, 0.6) is 0 Å². The number of aromatic nitrogens is 2. The number of nitrogens with zero attached hydrogens (tertiary/aromatic N) is 2. The molecule has 3 rings (SSSR count). The van der Waals surface area contributed by atoms with Gasteiger partial charge in [0.2, 0.25) is 5.82 Å². The summed E-state index contributed by atoms with van der Waals surface area (Å²) in [7, 11) is 0. The van der Waals surface area contributed by atoms with Crippen LogP contribution in [0.15, 0.2) is 54.6 Å². The quantitative estimate of drug-likeness (QED) is 0.768. The largest absolute Gasteiger partial charge is 0.475 e. The molecule has 5 nitrogen and oxygen atoms in total. The molecule has 0 unspecified atom stereocenters. The summed E-state index contributed by atoms with van der Waals surface area (Å²) in [5.41, 5.74) is 1.71. The molecule has 0 aliphatic heterocycles. The lowest BCUT2D eigenvalue weighted by atomic mass is 10.2. The van der Waals surface area contributed by atoms with Crippen LogP contribution in [0.2, 0.25) is 0 Å². The number of nitrogens with one attached hydrogen (secondary N) is 1. The molecular formula is C16H13N3O2. The van der Waals surface area contributed by atoms with E-state index in [9.17, 15) is 4.79 Å². The normalized spacial score (nSPS) is 10.5. The number of hydrogen-bond acceptors (Lipinski definition) is 4. The highest BCUT2D eigenvalue weighted by Gasteiger charge is 2.12. The SMILES string of the molecule is O=C(O)c1nc(NCc2ccccc2)c2ccccc2n1.